The summed E-state index contributed by atoms with van der Waals surface area (Å²) < 4.78 is 14.2. The number of hydrogen-bond donors (Lipinski definition) is 2. The first-order valence-corrected chi connectivity index (χ1v) is 5.87. The third-order valence-electron chi connectivity index (χ3n) is 2.07. The second-order valence-electron chi connectivity index (χ2n) is 3.32. The van der Waals surface area contributed by atoms with Gasteiger partial charge in [0.2, 0.25) is 0 Å². The summed E-state index contributed by atoms with van der Waals surface area (Å²) in [6.45, 7) is 0. The first kappa shape index (κ1) is 12.1. The number of aromatic nitrogens is 1. The van der Waals surface area contributed by atoms with E-state index in [1.807, 2.05) is 0 Å². The quantitative estimate of drug-likeness (QED) is 0.881. The Morgan fingerprint density at radius 3 is 2.82 bits per heavy atom. The predicted molar refractivity (Wildman–Crippen MR) is 71.0 cm³/mol. The third-order valence-corrected chi connectivity index (χ3v) is 2.99. The van der Waals surface area contributed by atoms with E-state index in [0.717, 1.165) is 0 Å². The van der Waals surface area contributed by atoms with Gasteiger partial charge in [-0.3, -0.25) is 0 Å². The van der Waals surface area contributed by atoms with Crippen molar-refractivity contribution in [1.29, 1.82) is 0 Å². The van der Waals surface area contributed by atoms with Crippen LogP contribution in [-0.2, 0) is 0 Å². The molecule has 0 spiro atoms. The van der Waals surface area contributed by atoms with Gasteiger partial charge in [0.05, 0.1) is 27.1 Å². The average Bonchev–Trinajstić information content (AvgIpc) is 2.26. The Hall–Kier alpha value is -1.33. The molecule has 0 fully saturated rings. The van der Waals surface area contributed by atoms with E-state index in [9.17, 15) is 4.39 Å². The molecule has 0 saturated heterocycles. The van der Waals surface area contributed by atoms with Gasteiger partial charge in [0.25, 0.3) is 0 Å². The second-order valence-corrected chi connectivity index (χ2v) is 4.58. The van der Waals surface area contributed by atoms with Crippen molar-refractivity contribution in [3.63, 3.8) is 0 Å². The van der Waals surface area contributed by atoms with E-state index in [-0.39, 0.29) is 10.7 Å². The molecule has 3 N–H and O–H groups in total. The number of anilines is 3. The van der Waals surface area contributed by atoms with E-state index in [4.69, 9.17) is 17.3 Å². The van der Waals surface area contributed by atoms with Crippen LogP contribution >= 0.6 is 27.5 Å². The summed E-state index contributed by atoms with van der Waals surface area (Å²) >= 11 is 9.18. The minimum atomic E-state index is -0.442. The monoisotopic (exact) mass is 315 g/mol. The summed E-state index contributed by atoms with van der Waals surface area (Å²) in [7, 11) is 0. The molecule has 0 radical (unpaired) electrons. The Labute approximate surface area is 111 Å². The molecule has 2 rings (SSSR count). The van der Waals surface area contributed by atoms with Crippen LogP contribution in [0.5, 0.6) is 0 Å². The molecule has 1 aromatic carbocycles. The van der Waals surface area contributed by atoms with Crippen LogP contribution in [0.3, 0.4) is 0 Å². The number of pyridine rings is 1. The summed E-state index contributed by atoms with van der Waals surface area (Å²) in [6, 6.07) is 6.12. The van der Waals surface area contributed by atoms with E-state index >= 15 is 0 Å². The van der Waals surface area contributed by atoms with E-state index in [0.29, 0.717) is 16.0 Å². The molecule has 0 saturated carbocycles. The smallest absolute Gasteiger partial charge is 0.148 e. The van der Waals surface area contributed by atoms with Gasteiger partial charge in [-0.15, -0.1) is 0 Å². The first-order chi connectivity index (χ1) is 8.08. The molecule has 0 aliphatic carbocycles. The molecule has 3 nitrogen and oxygen atoms in total. The number of para-hydroxylation sites is 1. The lowest BCUT2D eigenvalue weighted by Gasteiger charge is -2.10. The van der Waals surface area contributed by atoms with E-state index in [1.165, 1.54) is 18.3 Å². The van der Waals surface area contributed by atoms with Crippen LogP contribution in [-0.4, -0.2) is 4.98 Å². The van der Waals surface area contributed by atoms with Gasteiger partial charge < -0.3 is 11.1 Å². The molecule has 0 bridgehead atoms. The summed E-state index contributed by atoms with van der Waals surface area (Å²) in [5, 5.41) is 3.10. The Bertz CT molecular complexity index is 542. The van der Waals surface area contributed by atoms with Gasteiger partial charge in [-0.25, -0.2) is 9.37 Å². The van der Waals surface area contributed by atoms with Gasteiger partial charge in [-0.1, -0.05) is 17.7 Å². The fourth-order valence-corrected chi connectivity index (χ4v) is 1.96. The maximum Gasteiger partial charge on any atom is 0.148 e. The molecule has 88 valence electrons. The lowest BCUT2D eigenvalue weighted by molar-refractivity contribution is 0.632. The molecule has 1 aromatic heterocycles. The van der Waals surface area contributed by atoms with Crippen LogP contribution in [0.15, 0.2) is 34.9 Å². The lowest BCUT2D eigenvalue weighted by Crippen LogP contribution is -1.99. The maximum absolute atomic E-state index is 13.5. The van der Waals surface area contributed by atoms with E-state index in [2.05, 4.69) is 26.2 Å². The first-order valence-electron chi connectivity index (χ1n) is 4.70. The summed E-state index contributed by atoms with van der Waals surface area (Å²) in [5.41, 5.74) is 6.26. The number of benzene rings is 1. The molecule has 0 aliphatic heterocycles. The number of nitrogen functional groups attached to an aromatic ring is 1. The Morgan fingerprint density at radius 2 is 2.18 bits per heavy atom. The van der Waals surface area contributed by atoms with Gasteiger partial charge in [-0.2, -0.15) is 0 Å². The Morgan fingerprint density at radius 1 is 1.41 bits per heavy atom. The maximum atomic E-state index is 13.5. The van der Waals surface area contributed by atoms with E-state index in [1.54, 1.807) is 12.1 Å². The van der Waals surface area contributed by atoms with Gasteiger partial charge in [0.1, 0.15) is 11.6 Å². The second kappa shape index (κ2) is 4.89. The number of halogens is 3. The summed E-state index contributed by atoms with van der Waals surface area (Å²) in [6.07, 6.45) is 1.47. The fraction of sp³-hybridized carbons (Fsp3) is 0. The lowest BCUT2D eigenvalue weighted by atomic mass is 10.3. The zero-order valence-corrected chi connectivity index (χ0v) is 10.9. The zero-order valence-electron chi connectivity index (χ0n) is 8.55. The highest BCUT2D eigenvalue weighted by Gasteiger charge is 2.09. The third kappa shape index (κ3) is 2.68. The van der Waals surface area contributed by atoms with Crippen LogP contribution in [0.1, 0.15) is 0 Å². The molecule has 0 aliphatic rings. The Balaban J connectivity index is 2.38. The number of nitrogens with zero attached hydrogens (tertiary/aromatic N) is 1. The molecule has 0 unspecified atom stereocenters. The normalized spacial score (nSPS) is 10.3. The van der Waals surface area contributed by atoms with Crippen molar-refractivity contribution in [3.8, 4) is 0 Å². The van der Waals surface area contributed by atoms with Gasteiger partial charge in [0, 0.05) is 0 Å². The average molecular weight is 317 g/mol. The van der Waals surface area contributed by atoms with Crippen molar-refractivity contribution in [2.24, 2.45) is 0 Å². The highest BCUT2D eigenvalue weighted by atomic mass is 79.9. The topological polar surface area (TPSA) is 50.9 Å². The summed E-state index contributed by atoms with van der Waals surface area (Å²) in [5.74, 6) is 0.00854. The van der Waals surface area contributed by atoms with Gasteiger partial charge in [-0.05, 0) is 34.1 Å². The standard InChI is InChI=1S/C11H8BrClFN3/c12-7-4-6(15)5-16-11(7)17-10-8(13)2-1-3-9(10)14/h1-5H,15H2,(H,16,17). The van der Waals surface area contributed by atoms with Crippen molar-refractivity contribution >= 4 is 44.7 Å². The highest BCUT2D eigenvalue weighted by molar-refractivity contribution is 9.10. The number of nitrogens with two attached hydrogens (primary N) is 1. The number of hydrogen-bond acceptors (Lipinski definition) is 3. The molecular weight excluding hydrogens is 308 g/mol. The number of nitrogens with one attached hydrogen (secondary N) is 1. The molecule has 0 amide bonds. The van der Waals surface area contributed by atoms with Crippen molar-refractivity contribution in [2.75, 3.05) is 11.1 Å². The van der Waals surface area contributed by atoms with Gasteiger partial charge >= 0.3 is 0 Å². The van der Waals surface area contributed by atoms with Crippen LogP contribution in [0.2, 0.25) is 5.02 Å². The number of rotatable bonds is 2. The van der Waals surface area contributed by atoms with Gasteiger partial charge in [0.15, 0.2) is 0 Å². The summed E-state index contributed by atoms with van der Waals surface area (Å²) in [4.78, 5) is 4.05. The Kier molecular flexibility index (Phi) is 3.49. The largest absolute Gasteiger partial charge is 0.397 e. The van der Waals surface area contributed by atoms with E-state index < -0.39 is 5.82 Å². The van der Waals surface area contributed by atoms with Crippen molar-refractivity contribution in [2.45, 2.75) is 0 Å². The molecule has 2 aromatic rings. The fourth-order valence-electron chi connectivity index (χ4n) is 1.28. The van der Waals surface area contributed by atoms with Crippen LogP contribution in [0.25, 0.3) is 0 Å². The minimum Gasteiger partial charge on any atom is -0.397 e. The minimum absolute atomic E-state index is 0.187. The zero-order chi connectivity index (χ0) is 12.4. The van der Waals surface area contributed by atoms with Crippen molar-refractivity contribution in [3.05, 3.63) is 45.8 Å². The SMILES string of the molecule is Nc1cnc(Nc2c(F)cccc2Cl)c(Br)c1. The molecule has 6 heteroatoms. The molecule has 17 heavy (non-hydrogen) atoms. The van der Waals surface area contributed by atoms with Crippen molar-refractivity contribution < 1.29 is 4.39 Å². The molecule has 1 heterocycles. The molecular formula is C11H8BrClFN3. The van der Waals surface area contributed by atoms with Crippen LogP contribution in [0.4, 0.5) is 21.6 Å². The van der Waals surface area contributed by atoms with Crippen LogP contribution in [0, 0.1) is 5.82 Å². The van der Waals surface area contributed by atoms with Crippen molar-refractivity contribution in [1.82, 2.24) is 4.98 Å². The van der Waals surface area contributed by atoms with Crippen LogP contribution < -0.4 is 11.1 Å². The highest BCUT2D eigenvalue weighted by Crippen LogP contribution is 2.30. The molecule has 0 atom stereocenters. The predicted octanol–water partition coefficient (Wildman–Crippen LogP) is 3.96.